The van der Waals surface area contributed by atoms with E-state index in [2.05, 4.69) is 10.3 Å². The maximum Gasteiger partial charge on any atom is 0.350 e. The van der Waals surface area contributed by atoms with E-state index in [4.69, 9.17) is 30.9 Å². The monoisotopic (exact) mass is 508 g/mol. The highest BCUT2D eigenvalue weighted by atomic mass is 35.5. The molecule has 1 aliphatic heterocycles. The Balaban J connectivity index is 1.61. The second-order valence-electron chi connectivity index (χ2n) is 8.04. The minimum absolute atomic E-state index is 0.0197. The molecule has 2 aromatic heterocycles. The van der Waals surface area contributed by atoms with Gasteiger partial charge in [0.25, 0.3) is 5.92 Å². The summed E-state index contributed by atoms with van der Waals surface area (Å²) in [6.07, 6.45) is -5.36. The van der Waals surface area contributed by atoms with Gasteiger partial charge in [-0.05, 0) is 6.07 Å². The first-order chi connectivity index (χ1) is 15.4. The topological polar surface area (TPSA) is 170 Å². The van der Waals surface area contributed by atoms with Crippen LogP contribution in [0.3, 0.4) is 0 Å². The Bertz CT molecular complexity index is 1140. The number of nitrogens with zero attached hydrogens (tertiary/aromatic N) is 3. The van der Waals surface area contributed by atoms with Crippen LogP contribution in [0.2, 0.25) is 5.15 Å². The molecular weight excluding hydrogens is 489 g/mol. The lowest BCUT2D eigenvalue weighted by Gasteiger charge is -2.36. The number of alkyl halides is 2. The van der Waals surface area contributed by atoms with Gasteiger partial charge in [0.15, 0.2) is 11.4 Å². The molecule has 33 heavy (non-hydrogen) atoms. The first kappa shape index (κ1) is 24.3. The number of fused-ring (bicyclic) bond motifs is 1. The second kappa shape index (κ2) is 8.72. The van der Waals surface area contributed by atoms with Crippen molar-refractivity contribution >= 4 is 35.9 Å². The lowest BCUT2D eigenvalue weighted by atomic mass is 9.88. The van der Waals surface area contributed by atoms with E-state index < -0.39 is 69.9 Å². The lowest BCUT2D eigenvalue weighted by Crippen LogP contribution is -2.44. The van der Waals surface area contributed by atoms with Crippen molar-refractivity contribution in [2.45, 2.75) is 49.3 Å². The summed E-state index contributed by atoms with van der Waals surface area (Å²) in [5, 5.41) is 33.4. The highest BCUT2D eigenvalue weighted by Gasteiger charge is 2.46. The van der Waals surface area contributed by atoms with Crippen LogP contribution < -0.4 is 5.32 Å². The normalized spacial score (nSPS) is 27.5. The van der Waals surface area contributed by atoms with Gasteiger partial charge in [0.05, 0.1) is 12.3 Å². The number of ether oxygens (including phenoxy) is 2. The highest BCUT2D eigenvalue weighted by molar-refractivity contribution is 7.51. The zero-order valence-corrected chi connectivity index (χ0v) is 18.5. The number of hydrogen-bond donors (Lipinski definition) is 5. The highest BCUT2D eigenvalue weighted by Crippen LogP contribution is 2.42. The fourth-order valence-corrected chi connectivity index (χ4v) is 4.51. The zero-order valence-electron chi connectivity index (χ0n) is 16.8. The van der Waals surface area contributed by atoms with Crippen molar-refractivity contribution in [1.29, 1.82) is 5.26 Å². The number of aliphatic hydroxyl groups is 2. The molecule has 2 fully saturated rings. The van der Waals surface area contributed by atoms with Crippen LogP contribution in [-0.2, 0) is 14.0 Å². The number of nitrogens with one attached hydrogen (secondary N) is 1. The third-order valence-electron chi connectivity index (χ3n) is 5.52. The van der Waals surface area contributed by atoms with Crippen molar-refractivity contribution in [2.24, 2.45) is 0 Å². The summed E-state index contributed by atoms with van der Waals surface area (Å²) in [4.78, 5) is 21.9. The molecule has 0 aromatic carbocycles. The van der Waals surface area contributed by atoms with Gasteiger partial charge in [-0.3, -0.25) is 4.57 Å². The molecule has 15 heteroatoms. The minimum Gasteiger partial charge on any atom is -0.387 e. The van der Waals surface area contributed by atoms with E-state index in [9.17, 15) is 28.8 Å². The third-order valence-corrected chi connectivity index (χ3v) is 6.31. The van der Waals surface area contributed by atoms with Crippen molar-refractivity contribution in [3.05, 3.63) is 23.0 Å². The van der Waals surface area contributed by atoms with Gasteiger partial charge in [-0.2, -0.15) is 5.26 Å². The van der Waals surface area contributed by atoms with Crippen molar-refractivity contribution in [1.82, 2.24) is 9.55 Å². The number of aliphatic hydroxyl groups excluding tert-OH is 2. The summed E-state index contributed by atoms with van der Waals surface area (Å²) in [6.45, 7) is -0.394. The van der Waals surface area contributed by atoms with Crippen LogP contribution in [0.5, 0.6) is 0 Å². The van der Waals surface area contributed by atoms with Crippen molar-refractivity contribution in [3.63, 3.8) is 0 Å². The van der Waals surface area contributed by atoms with Gasteiger partial charge < -0.3 is 39.4 Å². The minimum atomic E-state index is -4.42. The second-order valence-corrected chi connectivity index (χ2v) is 9.99. The lowest BCUT2D eigenvalue weighted by molar-refractivity contribution is -0.0793. The summed E-state index contributed by atoms with van der Waals surface area (Å²) in [7, 11) is -4.42. The van der Waals surface area contributed by atoms with E-state index in [1.54, 1.807) is 6.07 Å². The standard InChI is InChI=1S/C18H20ClF2N4O7P/c19-15-10(5-22)12(23-8-3-18(20,21)4-8)9-1-2-25(16(9)24-15)17-14(27)13(26)11(32-17)6-31-7-33(28,29)30/h1-2,8,11,13-14,17,26-27H,3-4,6-7H2,(H,23,24)(H2,28,29,30)/t11-,13-,14-,17-/m1/s1. The molecule has 4 rings (SSSR count). The predicted molar refractivity (Wildman–Crippen MR) is 110 cm³/mol. The molecule has 1 saturated heterocycles. The number of pyridine rings is 1. The van der Waals surface area contributed by atoms with Gasteiger partial charge in [0.2, 0.25) is 0 Å². The van der Waals surface area contributed by atoms with E-state index >= 15 is 0 Å². The van der Waals surface area contributed by atoms with Gasteiger partial charge in [-0.25, -0.2) is 13.8 Å². The SMILES string of the molecule is N#Cc1c(Cl)nc2c(ccn2[C@@H]2O[C@H](COCP(=O)(O)O)[C@@H](O)[C@H]2O)c1NC1CC(F)(F)C1. The predicted octanol–water partition coefficient (Wildman–Crippen LogP) is 1.54. The molecule has 4 atom stereocenters. The quantitative estimate of drug-likeness (QED) is 0.273. The summed E-state index contributed by atoms with van der Waals surface area (Å²) >= 11 is 6.17. The summed E-state index contributed by atoms with van der Waals surface area (Å²) in [6, 6.07) is 2.89. The van der Waals surface area contributed by atoms with Crippen LogP contribution >= 0.6 is 19.2 Å². The fourth-order valence-electron chi connectivity index (χ4n) is 3.95. The average molecular weight is 509 g/mol. The first-order valence-electron chi connectivity index (χ1n) is 9.78. The summed E-state index contributed by atoms with van der Waals surface area (Å²) in [5.74, 6) is -2.78. The van der Waals surface area contributed by atoms with Crippen molar-refractivity contribution in [2.75, 3.05) is 18.3 Å². The van der Waals surface area contributed by atoms with Gasteiger partial charge in [-0.15, -0.1) is 0 Å². The molecule has 1 saturated carbocycles. The Kier molecular flexibility index (Phi) is 6.41. The molecular formula is C18H20ClF2N4O7P. The Morgan fingerprint density at radius 3 is 2.70 bits per heavy atom. The Hall–Kier alpha value is -1.88. The number of rotatable bonds is 7. The molecule has 0 amide bonds. The molecule has 0 radical (unpaired) electrons. The van der Waals surface area contributed by atoms with Crippen molar-refractivity contribution in [3.8, 4) is 6.07 Å². The fraction of sp³-hybridized carbons (Fsp3) is 0.556. The van der Waals surface area contributed by atoms with Crippen LogP contribution in [0, 0.1) is 11.3 Å². The Labute approximate surface area is 190 Å². The molecule has 180 valence electrons. The van der Waals surface area contributed by atoms with Crippen LogP contribution in [0.4, 0.5) is 14.5 Å². The first-order valence-corrected chi connectivity index (χ1v) is 12.0. The van der Waals surface area contributed by atoms with Gasteiger partial charge in [0.1, 0.15) is 41.9 Å². The molecule has 11 nitrogen and oxygen atoms in total. The molecule has 2 aliphatic rings. The molecule has 2 aromatic rings. The van der Waals surface area contributed by atoms with E-state index in [0.717, 1.165) is 0 Å². The third kappa shape index (κ3) is 4.84. The van der Waals surface area contributed by atoms with Crippen molar-refractivity contribution < 1.29 is 42.8 Å². The smallest absolute Gasteiger partial charge is 0.350 e. The zero-order chi connectivity index (χ0) is 24.1. The molecule has 3 heterocycles. The van der Waals surface area contributed by atoms with Gasteiger partial charge >= 0.3 is 7.60 Å². The maximum atomic E-state index is 13.3. The molecule has 5 N–H and O–H groups in total. The molecule has 0 bridgehead atoms. The number of hydrogen-bond acceptors (Lipinski definition) is 8. The van der Waals surface area contributed by atoms with Crippen LogP contribution in [0.1, 0.15) is 24.6 Å². The number of nitriles is 1. The average Bonchev–Trinajstić information content (AvgIpc) is 3.21. The van der Waals surface area contributed by atoms with Crippen LogP contribution in [-0.4, -0.2) is 72.8 Å². The van der Waals surface area contributed by atoms with E-state index in [-0.39, 0.29) is 22.1 Å². The number of aromatic nitrogens is 2. The van der Waals surface area contributed by atoms with Crippen LogP contribution in [0.15, 0.2) is 12.3 Å². The molecule has 0 unspecified atom stereocenters. The Morgan fingerprint density at radius 2 is 2.09 bits per heavy atom. The van der Waals surface area contributed by atoms with Gasteiger partial charge in [-0.1, -0.05) is 11.6 Å². The largest absolute Gasteiger partial charge is 0.387 e. The number of anilines is 1. The molecule has 0 spiro atoms. The molecule has 1 aliphatic carbocycles. The number of halogens is 3. The maximum absolute atomic E-state index is 13.3. The summed E-state index contributed by atoms with van der Waals surface area (Å²) in [5.41, 5.74) is 0.371. The van der Waals surface area contributed by atoms with E-state index in [1.165, 1.54) is 10.8 Å². The van der Waals surface area contributed by atoms with Gasteiger partial charge in [0, 0.05) is 30.5 Å². The summed E-state index contributed by atoms with van der Waals surface area (Å²) < 4.78 is 49.4. The van der Waals surface area contributed by atoms with E-state index in [1.807, 2.05) is 6.07 Å². The van der Waals surface area contributed by atoms with E-state index in [0.29, 0.717) is 5.39 Å². The Morgan fingerprint density at radius 1 is 1.39 bits per heavy atom. The van der Waals surface area contributed by atoms with Crippen LogP contribution in [0.25, 0.3) is 11.0 Å².